The Hall–Kier alpha value is -2.86. The molecule has 0 atom stereocenters. The lowest BCUT2D eigenvalue weighted by molar-refractivity contribution is 0.779. The summed E-state index contributed by atoms with van der Waals surface area (Å²) in [6.45, 7) is 0. The van der Waals surface area contributed by atoms with E-state index in [0.717, 1.165) is 28.4 Å². The van der Waals surface area contributed by atoms with Crippen molar-refractivity contribution < 1.29 is 0 Å². The van der Waals surface area contributed by atoms with Gasteiger partial charge in [-0.2, -0.15) is 5.10 Å². The van der Waals surface area contributed by atoms with Crippen molar-refractivity contribution in [1.82, 2.24) is 24.7 Å². The Morgan fingerprint density at radius 3 is 2.74 bits per heavy atom. The number of nitrogens with zero attached hydrogens (tertiary/aromatic N) is 4. The Kier molecular flexibility index (Phi) is 3.99. The number of benzene rings is 1. The molecule has 0 aliphatic carbocycles. The second-order valence-electron chi connectivity index (χ2n) is 5.00. The highest BCUT2D eigenvalue weighted by Crippen LogP contribution is 2.23. The van der Waals surface area contributed by atoms with Gasteiger partial charge in [-0.15, -0.1) is 12.4 Å². The van der Waals surface area contributed by atoms with E-state index < -0.39 is 0 Å². The third-order valence-corrected chi connectivity index (χ3v) is 3.49. The summed E-state index contributed by atoms with van der Waals surface area (Å²) in [6.07, 6.45) is 1.64. The van der Waals surface area contributed by atoms with Crippen molar-refractivity contribution in [2.45, 2.75) is 0 Å². The van der Waals surface area contributed by atoms with Gasteiger partial charge in [0.25, 0.3) is 0 Å². The van der Waals surface area contributed by atoms with Crippen LogP contribution in [0, 0.1) is 0 Å². The molecule has 3 aromatic heterocycles. The van der Waals surface area contributed by atoms with Crippen LogP contribution in [-0.2, 0) is 7.05 Å². The van der Waals surface area contributed by atoms with Crippen molar-refractivity contribution in [1.29, 1.82) is 0 Å². The summed E-state index contributed by atoms with van der Waals surface area (Å²) < 4.78 is 1.80. The van der Waals surface area contributed by atoms with Gasteiger partial charge in [0.1, 0.15) is 11.6 Å². The summed E-state index contributed by atoms with van der Waals surface area (Å²) >= 11 is 0. The summed E-state index contributed by atoms with van der Waals surface area (Å²) in [5.41, 5.74) is 3.62. The molecule has 3 heterocycles. The van der Waals surface area contributed by atoms with Crippen LogP contribution in [0.4, 0.5) is 11.6 Å². The number of pyridine rings is 1. The summed E-state index contributed by atoms with van der Waals surface area (Å²) in [6, 6.07) is 16.0. The molecule has 0 amide bonds. The fraction of sp³-hybridized carbons (Fsp3) is 0.0625. The lowest BCUT2D eigenvalue weighted by Gasteiger charge is -2.04. The van der Waals surface area contributed by atoms with Gasteiger partial charge >= 0.3 is 0 Å². The number of rotatable bonds is 3. The van der Waals surface area contributed by atoms with Crippen LogP contribution < -0.4 is 5.32 Å². The highest BCUT2D eigenvalue weighted by molar-refractivity contribution is 5.85. The molecule has 0 unspecified atom stereocenters. The molecule has 2 N–H and O–H groups in total. The smallest absolute Gasteiger partial charge is 0.179 e. The van der Waals surface area contributed by atoms with Crippen LogP contribution in [0.2, 0.25) is 0 Å². The number of hydrogen-bond donors (Lipinski definition) is 2. The fourth-order valence-corrected chi connectivity index (χ4v) is 2.36. The maximum absolute atomic E-state index is 4.53. The zero-order valence-corrected chi connectivity index (χ0v) is 13.2. The fourth-order valence-electron chi connectivity index (χ4n) is 2.36. The van der Waals surface area contributed by atoms with Crippen molar-refractivity contribution in [3.63, 3.8) is 0 Å². The molecule has 0 saturated carbocycles. The first kappa shape index (κ1) is 15.1. The van der Waals surface area contributed by atoms with Crippen molar-refractivity contribution in [2.75, 3.05) is 5.32 Å². The molecule has 0 bridgehead atoms. The van der Waals surface area contributed by atoms with E-state index in [1.54, 1.807) is 11.0 Å². The average Bonchev–Trinajstić information content (AvgIpc) is 3.15. The van der Waals surface area contributed by atoms with Gasteiger partial charge in [-0.05, 0) is 12.1 Å². The second-order valence-corrected chi connectivity index (χ2v) is 5.00. The van der Waals surface area contributed by atoms with Gasteiger partial charge in [0, 0.05) is 18.7 Å². The Bertz CT molecular complexity index is 928. The number of nitrogens with one attached hydrogen (secondary N) is 2. The van der Waals surface area contributed by atoms with E-state index >= 15 is 0 Å². The van der Waals surface area contributed by atoms with Gasteiger partial charge in [0.05, 0.1) is 17.5 Å². The van der Waals surface area contributed by atoms with Crippen LogP contribution in [0.15, 0.2) is 54.9 Å². The van der Waals surface area contributed by atoms with Crippen LogP contribution in [0.3, 0.4) is 0 Å². The first-order valence-electron chi connectivity index (χ1n) is 6.96. The molecule has 0 fully saturated rings. The average molecular weight is 327 g/mol. The highest BCUT2D eigenvalue weighted by atomic mass is 35.5. The lowest BCUT2D eigenvalue weighted by atomic mass is 10.2. The number of halogens is 1. The monoisotopic (exact) mass is 326 g/mol. The number of imidazole rings is 1. The van der Waals surface area contributed by atoms with E-state index in [4.69, 9.17) is 0 Å². The third-order valence-electron chi connectivity index (χ3n) is 3.49. The Balaban J connectivity index is 0.00000156. The molecule has 4 rings (SSSR count). The number of aryl methyl sites for hydroxylation is 1. The Morgan fingerprint density at radius 2 is 1.91 bits per heavy atom. The van der Waals surface area contributed by atoms with Crippen molar-refractivity contribution >= 4 is 35.2 Å². The molecular weight excluding hydrogens is 312 g/mol. The van der Waals surface area contributed by atoms with E-state index in [-0.39, 0.29) is 12.4 Å². The van der Waals surface area contributed by atoms with Crippen LogP contribution in [-0.4, -0.2) is 24.7 Å². The normalized spacial score (nSPS) is 10.5. The van der Waals surface area contributed by atoms with Crippen LogP contribution in [0.25, 0.3) is 22.4 Å². The molecule has 1 aromatic carbocycles. The number of aromatic nitrogens is 5. The number of H-pyrrole nitrogens is 1. The van der Waals surface area contributed by atoms with Crippen LogP contribution >= 0.6 is 12.4 Å². The Morgan fingerprint density at radius 1 is 1.09 bits per heavy atom. The zero-order chi connectivity index (χ0) is 14.9. The molecule has 116 valence electrons. The van der Waals surface area contributed by atoms with E-state index in [9.17, 15) is 0 Å². The van der Waals surface area contributed by atoms with Gasteiger partial charge in [-0.25, -0.2) is 9.97 Å². The first-order valence-corrected chi connectivity index (χ1v) is 6.96. The molecule has 23 heavy (non-hydrogen) atoms. The minimum Gasteiger partial charge on any atom is -0.343 e. The number of hydrogen-bond acceptors (Lipinski definition) is 4. The maximum atomic E-state index is 4.53. The standard InChI is InChI=1S/C16H14N6.ClH/c1-22-15(9-13(21-22)11-5-3-2-4-6-11)19-14-8-7-12-16(20-14)18-10-17-12;/h2-10H,1H3,(H2,17,18,19,20);1H. The van der Waals surface area contributed by atoms with E-state index in [2.05, 4.69) is 25.4 Å². The topological polar surface area (TPSA) is 71.4 Å². The predicted molar refractivity (Wildman–Crippen MR) is 93.1 cm³/mol. The largest absolute Gasteiger partial charge is 0.343 e. The number of aromatic amines is 1. The highest BCUT2D eigenvalue weighted by Gasteiger charge is 2.08. The van der Waals surface area contributed by atoms with E-state index in [1.807, 2.05) is 55.6 Å². The number of anilines is 2. The van der Waals surface area contributed by atoms with Gasteiger partial charge in [-0.1, -0.05) is 30.3 Å². The molecular formula is C16H15ClN6. The first-order chi connectivity index (χ1) is 10.8. The second kappa shape index (κ2) is 6.10. The Labute approximate surface area is 139 Å². The van der Waals surface area contributed by atoms with Gasteiger partial charge in [0.2, 0.25) is 0 Å². The number of fused-ring (bicyclic) bond motifs is 1. The lowest BCUT2D eigenvalue weighted by Crippen LogP contribution is -2.00. The summed E-state index contributed by atoms with van der Waals surface area (Å²) in [4.78, 5) is 11.7. The zero-order valence-electron chi connectivity index (χ0n) is 12.4. The SMILES string of the molecule is Cl.Cn1nc(-c2ccccc2)cc1Nc1ccc2[nH]cnc2n1. The minimum atomic E-state index is 0. The van der Waals surface area contributed by atoms with E-state index in [0.29, 0.717) is 5.65 Å². The van der Waals surface area contributed by atoms with Gasteiger partial charge in [-0.3, -0.25) is 4.68 Å². The van der Waals surface area contributed by atoms with Crippen molar-refractivity contribution in [3.8, 4) is 11.3 Å². The molecule has 0 aliphatic rings. The van der Waals surface area contributed by atoms with Crippen molar-refractivity contribution in [3.05, 3.63) is 54.9 Å². The molecule has 0 saturated heterocycles. The molecule has 7 heteroatoms. The minimum absolute atomic E-state index is 0. The maximum Gasteiger partial charge on any atom is 0.179 e. The molecule has 0 spiro atoms. The molecule has 0 radical (unpaired) electrons. The quantitative estimate of drug-likeness (QED) is 0.604. The van der Waals surface area contributed by atoms with Gasteiger partial charge < -0.3 is 10.3 Å². The molecule has 4 aromatic rings. The van der Waals surface area contributed by atoms with Gasteiger partial charge in [0.15, 0.2) is 5.65 Å². The van der Waals surface area contributed by atoms with E-state index in [1.165, 1.54) is 0 Å². The molecule has 0 aliphatic heterocycles. The summed E-state index contributed by atoms with van der Waals surface area (Å²) in [5.74, 6) is 1.61. The third kappa shape index (κ3) is 2.89. The van der Waals surface area contributed by atoms with Crippen LogP contribution in [0.1, 0.15) is 0 Å². The molecule has 6 nitrogen and oxygen atoms in total. The summed E-state index contributed by atoms with van der Waals surface area (Å²) in [5, 5.41) is 7.81. The summed E-state index contributed by atoms with van der Waals surface area (Å²) in [7, 11) is 1.90. The predicted octanol–water partition coefficient (Wildman–Crippen LogP) is 3.52. The van der Waals surface area contributed by atoms with Crippen LogP contribution in [0.5, 0.6) is 0 Å². The van der Waals surface area contributed by atoms with Crippen molar-refractivity contribution in [2.24, 2.45) is 7.05 Å².